The van der Waals surface area contributed by atoms with Crippen LogP contribution in [-0.2, 0) is 0 Å². The number of aromatic amines is 1. The second kappa shape index (κ2) is 7.85. The molecule has 0 amide bonds. The van der Waals surface area contributed by atoms with E-state index in [0.717, 1.165) is 16.8 Å². The van der Waals surface area contributed by atoms with Gasteiger partial charge in [0.1, 0.15) is 11.6 Å². The highest BCUT2D eigenvalue weighted by atomic mass is 16.5. The molecule has 29 heavy (non-hydrogen) atoms. The van der Waals surface area contributed by atoms with Crippen LogP contribution in [0, 0.1) is 6.92 Å². The minimum absolute atomic E-state index is 0.145. The fraction of sp³-hybridized carbons (Fsp3) is 0.100. The Hall–Kier alpha value is -4.14. The fourth-order valence-electron chi connectivity index (χ4n) is 2.67. The number of aryl methyl sites for hydroxylation is 1. The Morgan fingerprint density at radius 1 is 1.00 bits per heavy atom. The molecule has 0 aliphatic carbocycles. The number of nitrogens with two attached hydrogens (primary N) is 1. The summed E-state index contributed by atoms with van der Waals surface area (Å²) in [6.45, 7) is 2.03. The van der Waals surface area contributed by atoms with Crippen molar-refractivity contribution in [2.45, 2.75) is 6.92 Å². The molecule has 0 aliphatic rings. The quantitative estimate of drug-likeness (QED) is 0.456. The van der Waals surface area contributed by atoms with Crippen LogP contribution in [0.3, 0.4) is 0 Å². The van der Waals surface area contributed by atoms with E-state index in [9.17, 15) is 0 Å². The van der Waals surface area contributed by atoms with Crippen molar-refractivity contribution in [2.24, 2.45) is 0 Å². The lowest BCUT2D eigenvalue weighted by Gasteiger charge is -2.07. The van der Waals surface area contributed by atoms with Gasteiger partial charge in [0.15, 0.2) is 5.82 Å². The first-order valence-corrected chi connectivity index (χ1v) is 8.82. The van der Waals surface area contributed by atoms with Gasteiger partial charge in [-0.3, -0.25) is 0 Å². The van der Waals surface area contributed by atoms with Crippen molar-refractivity contribution < 1.29 is 9.47 Å². The number of rotatable bonds is 6. The van der Waals surface area contributed by atoms with E-state index in [0.29, 0.717) is 23.4 Å². The lowest BCUT2D eigenvalue weighted by Crippen LogP contribution is -1.99. The van der Waals surface area contributed by atoms with Gasteiger partial charge in [0.2, 0.25) is 11.8 Å². The van der Waals surface area contributed by atoms with Crippen LogP contribution in [0.4, 0.5) is 17.5 Å². The molecule has 0 radical (unpaired) electrons. The van der Waals surface area contributed by atoms with E-state index in [2.05, 4.69) is 30.5 Å². The fourth-order valence-corrected chi connectivity index (χ4v) is 2.67. The van der Waals surface area contributed by atoms with E-state index >= 15 is 0 Å². The van der Waals surface area contributed by atoms with Crippen molar-refractivity contribution in [1.29, 1.82) is 0 Å². The number of ether oxygens (including phenoxy) is 2. The number of benzene rings is 2. The molecular weight excluding hydrogens is 370 g/mol. The number of hydrogen-bond acceptors (Lipinski definition) is 8. The Kier molecular flexibility index (Phi) is 4.93. The maximum atomic E-state index is 5.72. The normalized spacial score (nSPS) is 10.6. The summed E-state index contributed by atoms with van der Waals surface area (Å²) in [5.74, 6) is 2.35. The van der Waals surface area contributed by atoms with Gasteiger partial charge in [-0.2, -0.15) is 9.97 Å². The van der Waals surface area contributed by atoms with Crippen molar-refractivity contribution in [3.05, 3.63) is 60.2 Å². The van der Waals surface area contributed by atoms with E-state index in [1.54, 1.807) is 12.1 Å². The molecule has 2 aromatic heterocycles. The highest BCUT2D eigenvalue weighted by Gasteiger charge is 2.08. The van der Waals surface area contributed by atoms with Gasteiger partial charge in [0, 0.05) is 17.3 Å². The molecule has 2 heterocycles. The average molecular weight is 389 g/mol. The number of hydrogen-bond donors (Lipinski definition) is 3. The van der Waals surface area contributed by atoms with Crippen molar-refractivity contribution in [3.63, 3.8) is 0 Å². The molecule has 9 nitrogen and oxygen atoms in total. The molecule has 0 unspecified atom stereocenters. The number of H-pyrrole nitrogens is 1. The number of anilines is 3. The van der Waals surface area contributed by atoms with E-state index in [1.807, 2.05) is 43.3 Å². The summed E-state index contributed by atoms with van der Waals surface area (Å²) in [7, 11) is 1.47. The van der Waals surface area contributed by atoms with Gasteiger partial charge in [-0.25, -0.2) is 0 Å². The van der Waals surface area contributed by atoms with E-state index in [4.69, 9.17) is 15.2 Å². The van der Waals surface area contributed by atoms with Crippen LogP contribution in [0.2, 0.25) is 0 Å². The zero-order chi connectivity index (χ0) is 20.2. The van der Waals surface area contributed by atoms with Gasteiger partial charge in [-0.05, 0) is 48.9 Å². The van der Waals surface area contributed by atoms with Crippen LogP contribution in [0.15, 0.2) is 54.6 Å². The summed E-state index contributed by atoms with van der Waals surface area (Å²) >= 11 is 0. The molecule has 4 aromatic rings. The topological polar surface area (TPSA) is 124 Å². The Morgan fingerprint density at radius 2 is 1.83 bits per heavy atom. The number of aromatic nitrogens is 5. The van der Waals surface area contributed by atoms with Crippen LogP contribution in [0.5, 0.6) is 17.6 Å². The van der Waals surface area contributed by atoms with Gasteiger partial charge in [0.05, 0.1) is 7.11 Å². The third-order valence-corrected chi connectivity index (χ3v) is 4.00. The summed E-state index contributed by atoms with van der Waals surface area (Å²) < 4.78 is 10.7. The largest absolute Gasteiger partial charge is 0.467 e. The van der Waals surface area contributed by atoms with Crippen LogP contribution < -0.4 is 20.5 Å². The number of methoxy groups -OCH3 is 1. The summed E-state index contributed by atoms with van der Waals surface area (Å²) in [4.78, 5) is 11.2. The summed E-state index contributed by atoms with van der Waals surface area (Å²) in [6.07, 6.45) is 0. The Labute approximate surface area is 167 Å². The predicted molar refractivity (Wildman–Crippen MR) is 109 cm³/mol. The molecule has 0 spiro atoms. The average Bonchev–Trinajstić information content (AvgIpc) is 3.16. The van der Waals surface area contributed by atoms with Gasteiger partial charge >= 0.3 is 6.01 Å². The number of nitrogen functional groups attached to an aromatic ring is 1. The van der Waals surface area contributed by atoms with E-state index < -0.39 is 0 Å². The maximum absolute atomic E-state index is 5.72. The molecule has 146 valence electrons. The first kappa shape index (κ1) is 18.2. The molecule has 9 heteroatoms. The summed E-state index contributed by atoms with van der Waals surface area (Å²) in [5.41, 5.74) is 8.68. The standard InChI is InChI=1S/C20H19N7O2/c1-12-4-3-5-14(10-12)22-19-25-18(26-27-19)13-6-8-15(9-7-13)29-17-11-16(21)23-20(24-17)28-2/h3-11H,1-2H3,(H2,21,23,24)(H2,22,25,26,27). The minimum Gasteiger partial charge on any atom is -0.467 e. The SMILES string of the molecule is COc1nc(N)cc(Oc2ccc(-c3nnc(Nc4cccc(C)c4)[nH]3)cc2)n1. The first-order chi connectivity index (χ1) is 14.1. The Balaban J connectivity index is 1.47. The number of nitrogens with one attached hydrogen (secondary N) is 2. The molecule has 0 atom stereocenters. The van der Waals surface area contributed by atoms with Crippen LogP contribution in [-0.4, -0.2) is 32.3 Å². The van der Waals surface area contributed by atoms with Crippen molar-refractivity contribution in [2.75, 3.05) is 18.2 Å². The van der Waals surface area contributed by atoms with Crippen LogP contribution in [0.25, 0.3) is 11.4 Å². The molecule has 0 saturated heterocycles. The van der Waals surface area contributed by atoms with Crippen LogP contribution in [0.1, 0.15) is 5.56 Å². The Morgan fingerprint density at radius 3 is 2.59 bits per heavy atom. The molecule has 4 rings (SSSR count). The monoisotopic (exact) mass is 389 g/mol. The van der Waals surface area contributed by atoms with Gasteiger partial charge < -0.3 is 25.5 Å². The van der Waals surface area contributed by atoms with Gasteiger partial charge in [0.25, 0.3) is 0 Å². The zero-order valence-corrected chi connectivity index (χ0v) is 15.9. The van der Waals surface area contributed by atoms with Gasteiger partial charge in [-0.1, -0.05) is 12.1 Å². The molecule has 4 N–H and O–H groups in total. The lowest BCUT2D eigenvalue weighted by atomic mass is 10.2. The minimum atomic E-state index is 0.145. The van der Waals surface area contributed by atoms with E-state index in [-0.39, 0.29) is 11.8 Å². The highest BCUT2D eigenvalue weighted by molar-refractivity contribution is 5.60. The lowest BCUT2D eigenvalue weighted by molar-refractivity contribution is 0.367. The second-order valence-electron chi connectivity index (χ2n) is 6.26. The van der Waals surface area contributed by atoms with Crippen molar-refractivity contribution in [1.82, 2.24) is 25.1 Å². The Bertz CT molecular complexity index is 1130. The molecule has 0 bridgehead atoms. The summed E-state index contributed by atoms with van der Waals surface area (Å²) in [6, 6.07) is 17.0. The van der Waals surface area contributed by atoms with Gasteiger partial charge in [-0.15, -0.1) is 10.2 Å². The molecule has 2 aromatic carbocycles. The number of nitrogens with zero attached hydrogens (tertiary/aromatic N) is 4. The molecule has 0 fully saturated rings. The second-order valence-corrected chi connectivity index (χ2v) is 6.26. The third-order valence-electron chi connectivity index (χ3n) is 4.00. The van der Waals surface area contributed by atoms with E-state index in [1.165, 1.54) is 13.2 Å². The predicted octanol–water partition coefficient (Wildman–Crippen LogP) is 3.70. The highest BCUT2D eigenvalue weighted by Crippen LogP contribution is 2.26. The summed E-state index contributed by atoms with van der Waals surface area (Å²) in [5, 5.41) is 11.5. The molecule has 0 aliphatic heterocycles. The molecular formula is C20H19N7O2. The van der Waals surface area contributed by atoms with Crippen molar-refractivity contribution >= 4 is 17.5 Å². The smallest absolute Gasteiger partial charge is 0.321 e. The maximum Gasteiger partial charge on any atom is 0.321 e. The third kappa shape index (κ3) is 4.41. The zero-order valence-electron chi connectivity index (χ0n) is 15.9. The first-order valence-electron chi connectivity index (χ1n) is 8.82. The molecule has 0 saturated carbocycles. The van der Waals surface area contributed by atoms with Crippen molar-refractivity contribution in [3.8, 4) is 29.0 Å². The van der Waals surface area contributed by atoms with Crippen LogP contribution >= 0.6 is 0 Å².